The Morgan fingerprint density at radius 2 is 1.98 bits per heavy atom. The molecule has 2 aliphatic heterocycles. The molecule has 7 rings (SSSR count). The number of nitrogens with one attached hydrogen (secondary N) is 1. The van der Waals surface area contributed by atoms with Crippen LogP contribution >= 0.6 is 0 Å². The fourth-order valence-corrected chi connectivity index (χ4v) is 7.87. The third-order valence-corrected chi connectivity index (χ3v) is 10.1. The highest BCUT2D eigenvalue weighted by Gasteiger charge is 2.44. The highest BCUT2D eigenvalue weighted by atomic mass is 19.1. The van der Waals surface area contributed by atoms with E-state index in [9.17, 15) is 24.6 Å². The van der Waals surface area contributed by atoms with Crippen LogP contribution in [0.1, 0.15) is 78.5 Å². The fraction of sp³-hybridized carbons (Fsp3) is 0.500. The Morgan fingerprint density at radius 3 is 2.74 bits per heavy atom. The Labute approximate surface area is 242 Å². The molecule has 1 amide bonds. The molecule has 0 unspecified atom stereocenters. The SMILES string of the molecule is CC[C@@]1(O)C(=O)CCc2c1cc1n(c2=O)Cc2c-1nc1cc(F)c(C)c3c1c2[C@@H](NC(=O)[C@@H]1CCCN1CCO)CC3. The van der Waals surface area contributed by atoms with Crippen molar-refractivity contribution in [1.82, 2.24) is 19.8 Å². The number of hydrogen-bond donors (Lipinski definition) is 3. The van der Waals surface area contributed by atoms with Gasteiger partial charge in [0.1, 0.15) is 11.4 Å². The van der Waals surface area contributed by atoms with Crippen LogP contribution in [0.3, 0.4) is 0 Å². The van der Waals surface area contributed by atoms with Crippen LogP contribution in [0.5, 0.6) is 0 Å². The number of halogens is 1. The summed E-state index contributed by atoms with van der Waals surface area (Å²) in [6.07, 6.45) is 3.29. The van der Waals surface area contributed by atoms with Crippen LogP contribution in [0.2, 0.25) is 0 Å². The van der Waals surface area contributed by atoms with Gasteiger partial charge in [-0.25, -0.2) is 9.37 Å². The number of carbonyl (C=O) groups is 2. The number of fused-ring (bicyclic) bond motifs is 5. The van der Waals surface area contributed by atoms with E-state index in [4.69, 9.17) is 4.98 Å². The van der Waals surface area contributed by atoms with Crippen molar-refractivity contribution in [3.63, 3.8) is 0 Å². The minimum Gasteiger partial charge on any atom is -0.395 e. The van der Waals surface area contributed by atoms with Gasteiger partial charge in [-0.3, -0.25) is 19.3 Å². The molecule has 42 heavy (non-hydrogen) atoms. The van der Waals surface area contributed by atoms with E-state index in [1.54, 1.807) is 24.5 Å². The number of hydrogen-bond acceptors (Lipinski definition) is 7. The smallest absolute Gasteiger partial charge is 0.254 e. The number of rotatable bonds is 5. The van der Waals surface area contributed by atoms with Crippen LogP contribution in [0.15, 0.2) is 16.9 Å². The molecule has 0 radical (unpaired) electrons. The minimum absolute atomic E-state index is 0.0142. The van der Waals surface area contributed by atoms with Crippen molar-refractivity contribution in [3.8, 4) is 11.4 Å². The first kappa shape index (κ1) is 27.4. The summed E-state index contributed by atoms with van der Waals surface area (Å²) in [6, 6.07) is 2.46. The Bertz CT molecular complexity index is 1750. The van der Waals surface area contributed by atoms with Gasteiger partial charge in [0.15, 0.2) is 5.78 Å². The zero-order valence-corrected chi connectivity index (χ0v) is 23.9. The molecular weight excluding hydrogens is 539 g/mol. The molecule has 10 heteroatoms. The topological polar surface area (TPSA) is 125 Å². The zero-order chi connectivity index (χ0) is 29.5. The van der Waals surface area contributed by atoms with Gasteiger partial charge >= 0.3 is 0 Å². The number of benzene rings is 1. The van der Waals surface area contributed by atoms with Crippen molar-refractivity contribution in [2.75, 3.05) is 19.7 Å². The van der Waals surface area contributed by atoms with Crippen LogP contribution < -0.4 is 10.9 Å². The Morgan fingerprint density at radius 1 is 1.17 bits per heavy atom. The molecule has 0 saturated carbocycles. The summed E-state index contributed by atoms with van der Waals surface area (Å²) in [4.78, 5) is 47.2. The molecule has 1 fully saturated rings. The maximum atomic E-state index is 15.1. The zero-order valence-electron chi connectivity index (χ0n) is 23.9. The minimum atomic E-state index is -1.73. The summed E-state index contributed by atoms with van der Waals surface area (Å²) < 4.78 is 16.8. The normalized spacial score (nSPS) is 24.5. The van der Waals surface area contributed by atoms with Gasteiger partial charge in [0.05, 0.1) is 42.1 Å². The second-order valence-corrected chi connectivity index (χ2v) is 12.2. The van der Waals surface area contributed by atoms with E-state index in [1.165, 1.54) is 6.07 Å². The molecular formula is C32H35FN4O5. The maximum Gasteiger partial charge on any atom is 0.254 e. The van der Waals surface area contributed by atoms with Gasteiger partial charge in [-0.05, 0) is 74.8 Å². The summed E-state index contributed by atoms with van der Waals surface area (Å²) in [5, 5.41) is 25.0. The molecule has 1 saturated heterocycles. The maximum absolute atomic E-state index is 15.1. The van der Waals surface area contributed by atoms with E-state index < -0.39 is 5.60 Å². The molecule has 3 atom stereocenters. The van der Waals surface area contributed by atoms with Crippen LogP contribution in [-0.4, -0.2) is 62.1 Å². The van der Waals surface area contributed by atoms with Crippen LogP contribution in [-0.2, 0) is 34.6 Å². The number of aliphatic hydroxyl groups is 2. The Balaban J connectivity index is 1.41. The van der Waals surface area contributed by atoms with Crippen LogP contribution in [0.4, 0.5) is 4.39 Å². The third-order valence-electron chi connectivity index (χ3n) is 10.1. The lowest BCUT2D eigenvalue weighted by Gasteiger charge is -2.32. The van der Waals surface area contributed by atoms with E-state index in [0.29, 0.717) is 53.0 Å². The van der Waals surface area contributed by atoms with Gasteiger partial charge in [-0.2, -0.15) is 0 Å². The highest BCUT2D eigenvalue weighted by Crippen LogP contribution is 2.46. The van der Waals surface area contributed by atoms with E-state index >= 15 is 4.39 Å². The molecule has 9 nitrogen and oxygen atoms in total. The van der Waals surface area contributed by atoms with E-state index in [-0.39, 0.29) is 67.6 Å². The van der Waals surface area contributed by atoms with Gasteiger partial charge in [0.2, 0.25) is 5.91 Å². The van der Waals surface area contributed by atoms with Gasteiger partial charge in [-0.1, -0.05) is 6.92 Å². The van der Waals surface area contributed by atoms with Crippen molar-refractivity contribution in [2.24, 2.45) is 0 Å². The number of aliphatic hydroxyl groups excluding tert-OH is 1. The molecule has 0 spiro atoms. The highest BCUT2D eigenvalue weighted by molar-refractivity contribution is 5.95. The van der Waals surface area contributed by atoms with Gasteiger partial charge in [-0.15, -0.1) is 0 Å². The number of carbonyl (C=O) groups excluding carboxylic acids is 2. The molecule has 0 bridgehead atoms. The standard InChI is InChI=1S/C32H35FN4O5/c1-3-32(42)20-13-25-29-19(15-37(25)31(41)18(20)7-9-26(32)39)28-22(35-30(40)24-5-4-10-36(24)11-12-38)8-6-17-16(2)21(33)14-23(34-29)27(17)28/h13-14,22,24,38,42H,3-12,15H2,1-2H3,(H,35,40)/t22-,24-,32-/m0/s1. The quantitative estimate of drug-likeness (QED) is 0.335. The molecule has 1 aromatic carbocycles. The number of aromatic nitrogens is 2. The summed E-state index contributed by atoms with van der Waals surface area (Å²) in [5.74, 6) is -0.744. The van der Waals surface area contributed by atoms with Gasteiger partial charge < -0.3 is 20.1 Å². The van der Waals surface area contributed by atoms with Crippen molar-refractivity contribution in [3.05, 3.63) is 61.7 Å². The Hall–Kier alpha value is -3.47. The molecule has 220 valence electrons. The molecule has 2 aromatic heterocycles. The van der Waals surface area contributed by atoms with Crippen LogP contribution in [0, 0.1) is 12.7 Å². The number of likely N-dealkylation sites (tertiary alicyclic amines) is 1. The molecule has 3 aromatic rings. The molecule has 3 N–H and O–H groups in total. The first-order chi connectivity index (χ1) is 20.2. The average Bonchev–Trinajstić information content (AvgIpc) is 3.59. The fourth-order valence-electron chi connectivity index (χ4n) is 7.87. The summed E-state index contributed by atoms with van der Waals surface area (Å²) in [5.41, 5.74) is 3.40. The Kier molecular flexibility index (Phi) is 6.38. The lowest BCUT2D eigenvalue weighted by atomic mass is 9.77. The van der Waals surface area contributed by atoms with E-state index in [2.05, 4.69) is 5.32 Å². The summed E-state index contributed by atoms with van der Waals surface area (Å²) in [7, 11) is 0. The first-order valence-corrected chi connectivity index (χ1v) is 15.0. The first-order valence-electron chi connectivity index (χ1n) is 15.0. The number of aryl methyl sites for hydroxylation is 1. The lowest BCUT2D eigenvalue weighted by molar-refractivity contribution is -0.140. The van der Waals surface area contributed by atoms with E-state index in [1.807, 2.05) is 4.90 Å². The summed E-state index contributed by atoms with van der Waals surface area (Å²) >= 11 is 0. The second-order valence-electron chi connectivity index (χ2n) is 12.2. The number of amides is 1. The number of ketones is 1. The molecule has 2 aliphatic carbocycles. The number of β-amino-alcohol motifs (C(OH)–C–C–N with tert-alkyl or cyclic N) is 1. The van der Waals surface area contributed by atoms with Crippen molar-refractivity contribution in [2.45, 2.75) is 83.0 Å². The van der Waals surface area contributed by atoms with Crippen LogP contribution in [0.25, 0.3) is 22.3 Å². The number of pyridine rings is 2. The molecule has 4 aliphatic rings. The largest absolute Gasteiger partial charge is 0.395 e. The number of Topliss-reactive ketones (excluding diaryl/α,β-unsaturated/α-hetero) is 1. The van der Waals surface area contributed by atoms with E-state index in [0.717, 1.165) is 41.5 Å². The van der Waals surface area contributed by atoms with Crippen molar-refractivity contribution < 1.29 is 24.2 Å². The monoisotopic (exact) mass is 574 g/mol. The van der Waals surface area contributed by atoms with Crippen molar-refractivity contribution in [1.29, 1.82) is 0 Å². The predicted octanol–water partition coefficient (Wildman–Crippen LogP) is 2.55. The summed E-state index contributed by atoms with van der Waals surface area (Å²) in [6.45, 7) is 4.92. The molecule has 4 heterocycles. The number of nitrogens with zero attached hydrogens (tertiary/aromatic N) is 3. The van der Waals surface area contributed by atoms with Gasteiger partial charge in [0, 0.05) is 41.1 Å². The van der Waals surface area contributed by atoms with Crippen molar-refractivity contribution >= 4 is 22.6 Å². The second kappa shape index (κ2) is 9.79. The average molecular weight is 575 g/mol. The third kappa shape index (κ3) is 3.77. The van der Waals surface area contributed by atoms with Gasteiger partial charge in [0.25, 0.3) is 5.56 Å². The predicted molar refractivity (Wildman–Crippen MR) is 154 cm³/mol. The lowest BCUT2D eigenvalue weighted by Crippen LogP contribution is -2.46.